The molecule has 3 rings (SSSR count). The second-order valence-corrected chi connectivity index (χ2v) is 5.16. The van der Waals surface area contributed by atoms with Crippen molar-refractivity contribution < 1.29 is 4.79 Å². The van der Waals surface area contributed by atoms with E-state index in [2.05, 4.69) is 27.1 Å². The first kappa shape index (κ1) is 11.4. The van der Waals surface area contributed by atoms with Crippen molar-refractivity contribution in [1.82, 2.24) is 9.97 Å². The molecule has 0 aromatic carbocycles. The summed E-state index contributed by atoms with van der Waals surface area (Å²) >= 11 is 0. The number of rotatable bonds is 1. The molecule has 3 heterocycles. The van der Waals surface area contributed by atoms with Crippen molar-refractivity contribution in [2.75, 3.05) is 23.3 Å². The molecule has 0 radical (unpaired) electrons. The van der Waals surface area contributed by atoms with Crippen LogP contribution < -0.4 is 10.2 Å². The Hall–Kier alpha value is -1.65. The van der Waals surface area contributed by atoms with E-state index in [9.17, 15) is 4.79 Å². The molecular formula is C13H18N4O. The van der Waals surface area contributed by atoms with E-state index in [-0.39, 0.29) is 11.8 Å². The number of piperidine rings is 1. The molecule has 1 amide bonds. The minimum Gasteiger partial charge on any atom is -0.356 e. The molecule has 0 saturated carbocycles. The molecule has 0 bridgehead atoms. The second kappa shape index (κ2) is 4.55. The van der Waals surface area contributed by atoms with Crippen molar-refractivity contribution in [2.45, 2.75) is 38.5 Å². The van der Waals surface area contributed by atoms with Crippen LogP contribution in [0, 0.1) is 0 Å². The Morgan fingerprint density at radius 2 is 2.06 bits per heavy atom. The average Bonchev–Trinajstić information content (AvgIpc) is 2.38. The van der Waals surface area contributed by atoms with Gasteiger partial charge in [0.25, 0.3) is 0 Å². The molecule has 2 aliphatic heterocycles. The van der Waals surface area contributed by atoms with Crippen molar-refractivity contribution >= 4 is 17.5 Å². The summed E-state index contributed by atoms with van der Waals surface area (Å²) in [6.07, 6.45) is 5.83. The van der Waals surface area contributed by atoms with Crippen LogP contribution in [-0.2, 0) is 4.79 Å². The molecule has 1 aromatic rings. The van der Waals surface area contributed by atoms with Crippen LogP contribution >= 0.6 is 0 Å². The molecule has 18 heavy (non-hydrogen) atoms. The first-order valence-electron chi connectivity index (χ1n) is 6.65. The quantitative estimate of drug-likeness (QED) is 0.822. The van der Waals surface area contributed by atoms with Gasteiger partial charge in [-0.15, -0.1) is 0 Å². The van der Waals surface area contributed by atoms with Gasteiger partial charge in [0, 0.05) is 25.1 Å². The van der Waals surface area contributed by atoms with Crippen LogP contribution in [0.3, 0.4) is 0 Å². The lowest BCUT2D eigenvalue weighted by atomic mass is 9.94. The number of anilines is 2. The molecule has 0 spiro atoms. The third kappa shape index (κ3) is 1.94. The highest BCUT2D eigenvalue weighted by Gasteiger charge is 2.28. The average molecular weight is 246 g/mol. The third-order valence-corrected chi connectivity index (χ3v) is 3.76. The van der Waals surface area contributed by atoms with Crippen molar-refractivity contribution in [3.8, 4) is 0 Å². The monoisotopic (exact) mass is 246 g/mol. The topological polar surface area (TPSA) is 58.1 Å². The number of carbonyl (C=O) groups excluding carboxylic acids is 1. The number of amides is 1. The van der Waals surface area contributed by atoms with Gasteiger partial charge < -0.3 is 10.2 Å². The smallest absolute Gasteiger partial charge is 0.226 e. The van der Waals surface area contributed by atoms with Gasteiger partial charge in [0.05, 0.1) is 0 Å². The van der Waals surface area contributed by atoms with Crippen molar-refractivity contribution in [3.05, 3.63) is 11.9 Å². The van der Waals surface area contributed by atoms with Crippen LogP contribution in [0.5, 0.6) is 0 Å². The number of carbonyl (C=O) groups is 1. The maximum absolute atomic E-state index is 11.5. The molecule has 1 N–H and O–H groups in total. The fourth-order valence-corrected chi connectivity index (χ4v) is 2.86. The second-order valence-electron chi connectivity index (χ2n) is 5.16. The van der Waals surface area contributed by atoms with Crippen LogP contribution in [-0.4, -0.2) is 29.0 Å². The van der Waals surface area contributed by atoms with Gasteiger partial charge in [-0.1, -0.05) is 6.92 Å². The zero-order chi connectivity index (χ0) is 12.5. The highest BCUT2D eigenvalue weighted by Crippen LogP contribution is 2.36. The summed E-state index contributed by atoms with van der Waals surface area (Å²) in [6.45, 7) is 4.20. The standard InChI is InChI=1S/C13H18N4O/c1-9-7-10(18)16-12-11(9)13(15-8-14-12)17-5-3-2-4-6-17/h8-9H,2-7H2,1H3,(H,14,15,16,18)/t9-/m1/s1. The van der Waals surface area contributed by atoms with Crippen molar-refractivity contribution in [1.29, 1.82) is 0 Å². The summed E-state index contributed by atoms with van der Waals surface area (Å²) in [5, 5.41) is 2.85. The third-order valence-electron chi connectivity index (χ3n) is 3.76. The van der Waals surface area contributed by atoms with Crippen molar-refractivity contribution in [3.63, 3.8) is 0 Å². The highest BCUT2D eigenvalue weighted by atomic mass is 16.1. The summed E-state index contributed by atoms with van der Waals surface area (Å²) in [4.78, 5) is 22.5. The van der Waals surface area contributed by atoms with E-state index in [4.69, 9.17) is 0 Å². The molecule has 1 aromatic heterocycles. The van der Waals surface area contributed by atoms with Gasteiger partial charge in [-0.3, -0.25) is 4.79 Å². The minimum atomic E-state index is 0.0540. The molecule has 1 fully saturated rings. The maximum atomic E-state index is 11.5. The summed E-state index contributed by atoms with van der Waals surface area (Å²) in [7, 11) is 0. The van der Waals surface area contributed by atoms with Crippen molar-refractivity contribution in [2.24, 2.45) is 0 Å². The Balaban J connectivity index is 2.00. The number of hydrogen-bond donors (Lipinski definition) is 1. The van der Waals surface area contributed by atoms with E-state index >= 15 is 0 Å². The SMILES string of the molecule is C[C@@H]1CC(=O)Nc2ncnc(N3CCCCC3)c21. The first-order valence-corrected chi connectivity index (χ1v) is 6.65. The molecule has 1 saturated heterocycles. The number of hydrogen-bond acceptors (Lipinski definition) is 4. The molecular weight excluding hydrogens is 228 g/mol. The van der Waals surface area contributed by atoms with E-state index in [0.717, 1.165) is 24.5 Å². The highest BCUT2D eigenvalue weighted by molar-refractivity contribution is 5.94. The van der Waals surface area contributed by atoms with Gasteiger partial charge >= 0.3 is 0 Å². The normalized spacial score (nSPS) is 23.5. The summed E-state index contributed by atoms with van der Waals surface area (Å²) in [5.41, 5.74) is 1.11. The van der Waals surface area contributed by atoms with Gasteiger partial charge in [0.2, 0.25) is 5.91 Å². The van der Waals surface area contributed by atoms with Crippen LogP contribution in [0.15, 0.2) is 6.33 Å². The predicted molar refractivity (Wildman–Crippen MR) is 69.8 cm³/mol. The van der Waals surface area contributed by atoms with Gasteiger partial charge in [0.1, 0.15) is 18.0 Å². The molecule has 0 unspecified atom stereocenters. The van der Waals surface area contributed by atoms with Crippen LogP contribution in [0.25, 0.3) is 0 Å². The summed E-state index contributed by atoms with van der Waals surface area (Å²) < 4.78 is 0. The van der Waals surface area contributed by atoms with E-state index in [0.29, 0.717) is 12.2 Å². The first-order chi connectivity index (χ1) is 8.75. The molecule has 0 aliphatic carbocycles. The van der Waals surface area contributed by atoms with Gasteiger partial charge in [-0.05, 0) is 25.2 Å². The van der Waals surface area contributed by atoms with Crippen LogP contribution in [0.1, 0.15) is 44.1 Å². The van der Waals surface area contributed by atoms with E-state index in [1.807, 2.05) is 0 Å². The number of aromatic nitrogens is 2. The molecule has 5 heteroatoms. The molecule has 5 nitrogen and oxygen atoms in total. The lowest BCUT2D eigenvalue weighted by molar-refractivity contribution is -0.116. The van der Waals surface area contributed by atoms with Crippen LogP contribution in [0.2, 0.25) is 0 Å². The predicted octanol–water partition coefficient (Wildman–Crippen LogP) is 1.91. The Morgan fingerprint density at radius 3 is 2.83 bits per heavy atom. The zero-order valence-electron chi connectivity index (χ0n) is 10.6. The summed E-state index contributed by atoms with van der Waals surface area (Å²) in [5.74, 6) is 1.98. The van der Waals surface area contributed by atoms with Crippen LogP contribution in [0.4, 0.5) is 11.6 Å². The lowest BCUT2D eigenvalue weighted by Crippen LogP contribution is -2.33. The van der Waals surface area contributed by atoms with E-state index in [1.54, 1.807) is 6.33 Å². The van der Waals surface area contributed by atoms with Gasteiger partial charge in [-0.25, -0.2) is 9.97 Å². The lowest BCUT2D eigenvalue weighted by Gasteiger charge is -2.32. The number of nitrogens with one attached hydrogen (secondary N) is 1. The Morgan fingerprint density at radius 1 is 1.28 bits per heavy atom. The summed E-state index contributed by atoms with van der Waals surface area (Å²) in [6, 6.07) is 0. The molecule has 96 valence electrons. The largest absolute Gasteiger partial charge is 0.356 e. The van der Waals surface area contributed by atoms with E-state index in [1.165, 1.54) is 19.3 Å². The Kier molecular flexibility index (Phi) is 2.89. The molecule has 1 atom stereocenters. The fraction of sp³-hybridized carbons (Fsp3) is 0.615. The number of fused-ring (bicyclic) bond motifs is 1. The van der Waals surface area contributed by atoms with Gasteiger partial charge in [0.15, 0.2) is 0 Å². The fourth-order valence-electron chi connectivity index (χ4n) is 2.86. The molecule has 2 aliphatic rings. The van der Waals surface area contributed by atoms with Gasteiger partial charge in [-0.2, -0.15) is 0 Å². The maximum Gasteiger partial charge on any atom is 0.226 e. The minimum absolute atomic E-state index is 0.0540. The zero-order valence-corrected chi connectivity index (χ0v) is 10.6. The van der Waals surface area contributed by atoms with E-state index < -0.39 is 0 Å². The Labute approximate surface area is 107 Å². The Bertz CT molecular complexity index is 468. The number of nitrogens with zero attached hydrogens (tertiary/aromatic N) is 3.